The van der Waals surface area contributed by atoms with Crippen LogP contribution in [0.5, 0.6) is 0 Å². The van der Waals surface area contributed by atoms with Crippen molar-refractivity contribution in [2.24, 2.45) is 0 Å². The van der Waals surface area contributed by atoms with Crippen LogP contribution < -0.4 is 5.32 Å². The van der Waals surface area contributed by atoms with Crippen molar-refractivity contribution in [3.05, 3.63) is 53.0 Å². The molecule has 3 aromatic heterocycles. The second-order valence-corrected chi connectivity index (χ2v) is 7.66. The zero-order valence-electron chi connectivity index (χ0n) is 15.7. The van der Waals surface area contributed by atoms with E-state index in [4.69, 9.17) is 4.42 Å². The van der Waals surface area contributed by atoms with Gasteiger partial charge in [0.1, 0.15) is 10.9 Å². The molecule has 3 heterocycles. The molecule has 0 aliphatic heterocycles. The maximum Gasteiger partial charge on any atom is 0.234 e. The molecule has 0 bridgehead atoms. The Kier molecular flexibility index (Phi) is 4.39. The lowest BCUT2D eigenvalue weighted by atomic mass is 10.1. The first-order chi connectivity index (χ1) is 12.9. The standard InChI is InChI=1S/C20H20N4O2S/c1-11-7-12(2)19(13(3)8-11)21-18(25)10-27-20-16-9-17-15(5-6-26-17)24(16)14(4)22-23-20/h5-9H,10H2,1-4H3,(H,21,25). The highest BCUT2D eigenvalue weighted by atomic mass is 32.2. The molecule has 0 spiro atoms. The molecule has 0 unspecified atom stereocenters. The number of nitrogens with one attached hydrogen (secondary N) is 1. The highest BCUT2D eigenvalue weighted by Gasteiger charge is 2.15. The van der Waals surface area contributed by atoms with E-state index in [-0.39, 0.29) is 11.7 Å². The van der Waals surface area contributed by atoms with Crippen molar-refractivity contribution < 1.29 is 9.21 Å². The van der Waals surface area contributed by atoms with Gasteiger partial charge in [0.15, 0.2) is 5.58 Å². The highest BCUT2D eigenvalue weighted by Crippen LogP contribution is 2.29. The molecular formula is C20H20N4O2S. The van der Waals surface area contributed by atoms with Crippen molar-refractivity contribution in [1.29, 1.82) is 0 Å². The summed E-state index contributed by atoms with van der Waals surface area (Å²) < 4.78 is 7.49. The number of anilines is 1. The fourth-order valence-electron chi connectivity index (χ4n) is 3.43. The summed E-state index contributed by atoms with van der Waals surface area (Å²) in [6, 6.07) is 7.98. The molecule has 0 aliphatic rings. The van der Waals surface area contributed by atoms with Crippen LogP contribution in [0.2, 0.25) is 0 Å². The number of hydrogen-bond donors (Lipinski definition) is 1. The Morgan fingerprint density at radius 1 is 1.11 bits per heavy atom. The molecule has 0 aliphatic carbocycles. The Labute approximate surface area is 161 Å². The van der Waals surface area contributed by atoms with Crippen molar-refractivity contribution in [2.45, 2.75) is 32.7 Å². The lowest BCUT2D eigenvalue weighted by Gasteiger charge is -2.12. The molecule has 7 heteroatoms. The first-order valence-corrected chi connectivity index (χ1v) is 9.65. The first kappa shape index (κ1) is 17.6. The zero-order chi connectivity index (χ0) is 19.1. The van der Waals surface area contributed by atoms with E-state index in [9.17, 15) is 4.79 Å². The predicted octanol–water partition coefficient (Wildman–Crippen LogP) is 4.44. The summed E-state index contributed by atoms with van der Waals surface area (Å²) in [4.78, 5) is 12.5. The molecule has 0 saturated heterocycles. The van der Waals surface area contributed by atoms with E-state index >= 15 is 0 Å². The molecule has 0 atom stereocenters. The summed E-state index contributed by atoms with van der Waals surface area (Å²) in [6.07, 6.45) is 1.66. The minimum absolute atomic E-state index is 0.0641. The van der Waals surface area contributed by atoms with Crippen LogP contribution in [-0.4, -0.2) is 26.3 Å². The SMILES string of the molecule is Cc1cc(C)c(NC(=O)CSc2nnc(C)n3c2cc2occc23)c(C)c1. The van der Waals surface area contributed by atoms with Gasteiger partial charge in [0.25, 0.3) is 0 Å². The lowest BCUT2D eigenvalue weighted by molar-refractivity contribution is -0.113. The lowest BCUT2D eigenvalue weighted by Crippen LogP contribution is -2.16. The number of aromatic nitrogens is 3. The summed E-state index contributed by atoms with van der Waals surface area (Å²) in [5, 5.41) is 12.2. The van der Waals surface area contributed by atoms with Crippen LogP contribution >= 0.6 is 11.8 Å². The topological polar surface area (TPSA) is 72.4 Å². The van der Waals surface area contributed by atoms with E-state index in [1.807, 2.05) is 37.3 Å². The highest BCUT2D eigenvalue weighted by molar-refractivity contribution is 8.00. The van der Waals surface area contributed by atoms with E-state index in [1.54, 1.807) is 6.26 Å². The van der Waals surface area contributed by atoms with Gasteiger partial charge < -0.3 is 9.73 Å². The molecule has 138 valence electrons. The number of benzene rings is 1. The Morgan fingerprint density at radius 2 is 1.85 bits per heavy atom. The Morgan fingerprint density at radius 3 is 2.59 bits per heavy atom. The molecule has 1 aromatic carbocycles. The van der Waals surface area contributed by atoms with Crippen LogP contribution in [-0.2, 0) is 4.79 Å². The third-order valence-electron chi connectivity index (χ3n) is 4.53. The average molecular weight is 380 g/mol. The van der Waals surface area contributed by atoms with Crippen LogP contribution in [0.3, 0.4) is 0 Å². The maximum atomic E-state index is 12.5. The summed E-state index contributed by atoms with van der Waals surface area (Å²) in [7, 11) is 0. The number of fused-ring (bicyclic) bond motifs is 3. The smallest absolute Gasteiger partial charge is 0.234 e. The quantitative estimate of drug-likeness (QED) is 0.530. The van der Waals surface area contributed by atoms with Crippen molar-refractivity contribution in [1.82, 2.24) is 14.6 Å². The van der Waals surface area contributed by atoms with Gasteiger partial charge in [0, 0.05) is 17.8 Å². The molecule has 0 fully saturated rings. The number of carbonyl (C=O) groups is 1. The molecule has 0 radical (unpaired) electrons. The van der Waals surface area contributed by atoms with Gasteiger partial charge in [-0.15, -0.1) is 10.2 Å². The van der Waals surface area contributed by atoms with Gasteiger partial charge in [-0.25, -0.2) is 0 Å². The summed E-state index contributed by atoms with van der Waals surface area (Å²) in [6.45, 7) is 7.97. The number of furan rings is 1. The average Bonchev–Trinajstić information content (AvgIpc) is 3.18. The van der Waals surface area contributed by atoms with E-state index in [0.29, 0.717) is 5.03 Å². The monoisotopic (exact) mass is 380 g/mol. The van der Waals surface area contributed by atoms with E-state index in [2.05, 4.69) is 34.6 Å². The van der Waals surface area contributed by atoms with Crippen LogP contribution in [0.25, 0.3) is 16.6 Å². The van der Waals surface area contributed by atoms with Crippen LogP contribution in [0, 0.1) is 27.7 Å². The van der Waals surface area contributed by atoms with E-state index < -0.39 is 0 Å². The van der Waals surface area contributed by atoms with Gasteiger partial charge in [-0.05, 0) is 38.8 Å². The fourth-order valence-corrected chi connectivity index (χ4v) is 4.17. The number of aryl methyl sites for hydroxylation is 4. The molecule has 4 rings (SSSR count). The molecule has 4 aromatic rings. The molecule has 1 N–H and O–H groups in total. The molecule has 1 amide bonds. The van der Waals surface area contributed by atoms with Crippen molar-refractivity contribution >= 4 is 40.0 Å². The first-order valence-electron chi connectivity index (χ1n) is 8.66. The van der Waals surface area contributed by atoms with Crippen LogP contribution in [0.1, 0.15) is 22.5 Å². The van der Waals surface area contributed by atoms with Gasteiger partial charge in [-0.1, -0.05) is 29.5 Å². The third kappa shape index (κ3) is 3.19. The van der Waals surface area contributed by atoms with Crippen LogP contribution in [0.15, 0.2) is 40.0 Å². The van der Waals surface area contributed by atoms with Gasteiger partial charge in [0.2, 0.25) is 5.91 Å². The molecular weight excluding hydrogens is 360 g/mol. The number of thioether (sulfide) groups is 1. The number of carbonyl (C=O) groups excluding carboxylic acids is 1. The minimum Gasteiger partial charge on any atom is -0.463 e. The summed E-state index contributed by atoms with van der Waals surface area (Å²) >= 11 is 1.37. The minimum atomic E-state index is -0.0641. The van der Waals surface area contributed by atoms with E-state index in [1.165, 1.54) is 17.3 Å². The molecule has 0 saturated carbocycles. The van der Waals surface area contributed by atoms with Crippen molar-refractivity contribution in [2.75, 3.05) is 11.1 Å². The third-order valence-corrected chi connectivity index (χ3v) is 5.50. The number of amides is 1. The maximum absolute atomic E-state index is 12.5. The number of hydrogen-bond acceptors (Lipinski definition) is 5. The van der Waals surface area contributed by atoms with Gasteiger partial charge in [0.05, 0.1) is 23.0 Å². The molecule has 6 nitrogen and oxygen atoms in total. The number of nitrogens with zero attached hydrogens (tertiary/aromatic N) is 3. The summed E-state index contributed by atoms with van der Waals surface area (Å²) in [5.41, 5.74) is 6.83. The largest absolute Gasteiger partial charge is 0.463 e. The Balaban J connectivity index is 1.55. The second kappa shape index (κ2) is 6.74. The van der Waals surface area contributed by atoms with Crippen LogP contribution in [0.4, 0.5) is 5.69 Å². The molecule has 27 heavy (non-hydrogen) atoms. The Hall–Kier alpha value is -2.80. The van der Waals surface area contributed by atoms with Gasteiger partial charge in [-0.3, -0.25) is 9.20 Å². The van der Waals surface area contributed by atoms with Gasteiger partial charge in [-0.2, -0.15) is 0 Å². The second-order valence-electron chi connectivity index (χ2n) is 6.70. The predicted molar refractivity (Wildman–Crippen MR) is 108 cm³/mol. The normalized spacial score (nSPS) is 11.4. The van der Waals surface area contributed by atoms with E-state index in [0.717, 1.165) is 39.3 Å². The summed E-state index contributed by atoms with van der Waals surface area (Å²) in [5.74, 6) is 0.971. The van der Waals surface area contributed by atoms with Gasteiger partial charge >= 0.3 is 0 Å². The van der Waals surface area contributed by atoms with Crippen molar-refractivity contribution in [3.8, 4) is 0 Å². The Bertz CT molecular complexity index is 1150. The fraction of sp³-hybridized carbons (Fsp3) is 0.250. The van der Waals surface area contributed by atoms with Crippen molar-refractivity contribution in [3.63, 3.8) is 0 Å². The number of rotatable bonds is 4. The zero-order valence-corrected chi connectivity index (χ0v) is 16.5.